The van der Waals surface area contributed by atoms with Gasteiger partial charge in [-0.3, -0.25) is 0 Å². The molecule has 1 aromatic rings. The van der Waals surface area contributed by atoms with Gasteiger partial charge >= 0.3 is 0 Å². The molecule has 2 nitrogen and oxygen atoms in total. The van der Waals surface area contributed by atoms with Crippen molar-refractivity contribution in [3.63, 3.8) is 0 Å². The summed E-state index contributed by atoms with van der Waals surface area (Å²) in [5.41, 5.74) is 0.639. The SMILES string of the molecule is CC(F)Cc1cc(Cl)ncn1. The summed E-state index contributed by atoms with van der Waals surface area (Å²) in [7, 11) is 0. The van der Waals surface area contributed by atoms with Crippen molar-refractivity contribution in [1.82, 2.24) is 9.97 Å². The van der Waals surface area contributed by atoms with Gasteiger partial charge in [0, 0.05) is 12.1 Å². The van der Waals surface area contributed by atoms with Gasteiger partial charge in [-0.25, -0.2) is 14.4 Å². The predicted molar refractivity (Wildman–Crippen MR) is 41.3 cm³/mol. The van der Waals surface area contributed by atoms with Crippen molar-refractivity contribution in [2.24, 2.45) is 0 Å². The highest BCUT2D eigenvalue weighted by Crippen LogP contribution is 2.07. The summed E-state index contributed by atoms with van der Waals surface area (Å²) in [6, 6.07) is 1.57. The molecule has 1 unspecified atom stereocenters. The second-order valence-corrected chi connectivity index (χ2v) is 2.70. The van der Waals surface area contributed by atoms with E-state index in [9.17, 15) is 4.39 Å². The summed E-state index contributed by atoms with van der Waals surface area (Å²) in [4.78, 5) is 7.52. The lowest BCUT2D eigenvalue weighted by Gasteiger charge is -1.99. The fourth-order valence-corrected chi connectivity index (χ4v) is 0.940. The summed E-state index contributed by atoms with van der Waals surface area (Å²) in [6.07, 6.45) is 0.739. The molecule has 0 aromatic carbocycles. The third-order valence-electron chi connectivity index (χ3n) is 1.18. The molecule has 1 aromatic heterocycles. The van der Waals surface area contributed by atoms with Crippen molar-refractivity contribution >= 4 is 11.6 Å². The first-order valence-corrected chi connectivity index (χ1v) is 3.67. The fourth-order valence-electron chi connectivity index (χ4n) is 0.770. The van der Waals surface area contributed by atoms with E-state index in [-0.39, 0.29) is 0 Å². The van der Waals surface area contributed by atoms with Gasteiger partial charge in [0.1, 0.15) is 17.7 Å². The van der Waals surface area contributed by atoms with Gasteiger partial charge in [0.25, 0.3) is 0 Å². The Bertz CT molecular complexity index is 240. The van der Waals surface area contributed by atoms with Crippen LogP contribution in [0.25, 0.3) is 0 Å². The molecule has 60 valence electrons. The van der Waals surface area contributed by atoms with E-state index in [0.717, 1.165) is 0 Å². The van der Waals surface area contributed by atoms with Gasteiger partial charge < -0.3 is 0 Å². The Morgan fingerprint density at radius 2 is 2.36 bits per heavy atom. The molecule has 0 aliphatic heterocycles. The molecule has 0 bridgehead atoms. The molecule has 0 aliphatic carbocycles. The van der Waals surface area contributed by atoms with Gasteiger partial charge in [-0.2, -0.15) is 0 Å². The molecule has 0 aliphatic rings. The maximum absolute atomic E-state index is 12.4. The normalized spacial score (nSPS) is 13.0. The summed E-state index contributed by atoms with van der Waals surface area (Å²) < 4.78 is 12.4. The lowest BCUT2D eigenvalue weighted by atomic mass is 10.2. The first kappa shape index (κ1) is 8.40. The lowest BCUT2D eigenvalue weighted by Crippen LogP contribution is -2.00. The van der Waals surface area contributed by atoms with Gasteiger partial charge in [-0.05, 0) is 13.0 Å². The molecule has 0 saturated carbocycles. The standard InChI is InChI=1S/C7H8ClFN2/c1-5(9)2-6-3-7(8)11-4-10-6/h3-5H,2H2,1H3. The zero-order chi connectivity index (χ0) is 8.27. The Hall–Kier alpha value is -0.700. The maximum atomic E-state index is 12.4. The quantitative estimate of drug-likeness (QED) is 0.642. The van der Waals surface area contributed by atoms with Crippen LogP contribution in [0.1, 0.15) is 12.6 Å². The van der Waals surface area contributed by atoms with Gasteiger partial charge in [-0.1, -0.05) is 11.6 Å². The summed E-state index contributed by atoms with van der Waals surface area (Å²) >= 11 is 5.55. The lowest BCUT2D eigenvalue weighted by molar-refractivity contribution is 0.357. The van der Waals surface area contributed by atoms with E-state index in [1.54, 1.807) is 6.07 Å². The third kappa shape index (κ3) is 2.80. The van der Waals surface area contributed by atoms with E-state index >= 15 is 0 Å². The van der Waals surface area contributed by atoms with Gasteiger partial charge in [0.05, 0.1) is 0 Å². The molecule has 1 heterocycles. The van der Waals surface area contributed by atoms with E-state index in [2.05, 4.69) is 9.97 Å². The van der Waals surface area contributed by atoms with Gasteiger partial charge in [0.15, 0.2) is 0 Å². The monoisotopic (exact) mass is 174 g/mol. The van der Waals surface area contributed by atoms with Crippen LogP contribution in [0.15, 0.2) is 12.4 Å². The minimum atomic E-state index is -0.888. The van der Waals surface area contributed by atoms with Crippen molar-refractivity contribution in [3.8, 4) is 0 Å². The first-order chi connectivity index (χ1) is 5.18. The topological polar surface area (TPSA) is 25.8 Å². The number of rotatable bonds is 2. The van der Waals surface area contributed by atoms with Crippen LogP contribution < -0.4 is 0 Å². The highest BCUT2D eigenvalue weighted by Gasteiger charge is 2.02. The predicted octanol–water partition coefficient (Wildman–Crippen LogP) is 2.03. The Kier molecular flexibility index (Phi) is 2.76. The van der Waals surface area contributed by atoms with E-state index in [1.807, 2.05) is 0 Å². The molecule has 1 rings (SSSR count). The first-order valence-electron chi connectivity index (χ1n) is 3.29. The minimum Gasteiger partial charge on any atom is -0.247 e. The molecule has 0 N–H and O–H groups in total. The van der Waals surface area contributed by atoms with Crippen molar-refractivity contribution in [2.45, 2.75) is 19.5 Å². The van der Waals surface area contributed by atoms with Crippen molar-refractivity contribution in [3.05, 3.63) is 23.2 Å². The highest BCUT2D eigenvalue weighted by atomic mass is 35.5. The minimum absolute atomic E-state index is 0.294. The van der Waals surface area contributed by atoms with Crippen LogP contribution in [0.2, 0.25) is 5.15 Å². The Labute approximate surface area is 69.4 Å². The Morgan fingerprint density at radius 3 is 2.91 bits per heavy atom. The molecule has 11 heavy (non-hydrogen) atoms. The van der Waals surface area contributed by atoms with Crippen molar-refractivity contribution in [2.75, 3.05) is 0 Å². The number of hydrogen-bond acceptors (Lipinski definition) is 2. The average molecular weight is 175 g/mol. The zero-order valence-corrected chi connectivity index (χ0v) is 6.85. The largest absolute Gasteiger partial charge is 0.247 e. The number of halogens is 2. The highest BCUT2D eigenvalue weighted by molar-refractivity contribution is 6.29. The molecular formula is C7H8ClFN2. The van der Waals surface area contributed by atoms with Crippen LogP contribution in [0, 0.1) is 0 Å². The van der Waals surface area contributed by atoms with E-state index < -0.39 is 6.17 Å². The molecule has 0 fully saturated rings. The molecule has 0 saturated heterocycles. The van der Waals surface area contributed by atoms with Crippen LogP contribution >= 0.6 is 11.6 Å². The molecule has 0 radical (unpaired) electrons. The van der Waals surface area contributed by atoms with Gasteiger partial charge in [0.2, 0.25) is 0 Å². The Morgan fingerprint density at radius 1 is 1.64 bits per heavy atom. The van der Waals surface area contributed by atoms with Crippen LogP contribution in [0.5, 0.6) is 0 Å². The fraction of sp³-hybridized carbons (Fsp3) is 0.429. The molecule has 4 heteroatoms. The number of aromatic nitrogens is 2. The number of hydrogen-bond donors (Lipinski definition) is 0. The van der Waals surface area contributed by atoms with Crippen LogP contribution in [0.3, 0.4) is 0 Å². The molecule has 1 atom stereocenters. The summed E-state index contributed by atoms with van der Waals surface area (Å²) in [6.45, 7) is 1.48. The molecule has 0 spiro atoms. The van der Waals surface area contributed by atoms with E-state index in [0.29, 0.717) is 17.3 Å². The van der Waals surface area contributed by atoms with Crippen molar-refractivity contribution in [1.29, 1.82) is 0 Å². The maximum Gasteiger partial charge on any atom is 0.132 e. The van der Waals surface area contributed by atoms with E-state index in [1.165, 1.54) is 13.3 Å². The van der Waals surface area contributed by atoms with Gasteiger partial charge in [-0.15, -0.1) is 0 Å². The molecular weight excluding hydrogens is 167 g/mol. The number of nitrogens with zero attached hydrogens (tertiary/aromatic N) is 2. The van der Waals surface area contributed by atoms with Crippen molar-refractivity contribution < 1.29 is 4.39 Å². The second-order valence-electron chi connectivity index (χ2n) is 2.32. The van der Waals surface area contributed by atoms with Crippen LogP contribution in [-0.2, 0) is 6.42 Å². The smallest absolute Gasteiger partial charge is 0.132 e. The van der Waals surface area contributed by atoms with Crippen LogP contribution in [-0.4, -0.2) is 16.1 Å². The number of alkyl halides is 1. The van der Waals surface area contributed by atoms with Crippen LogP contribution in [0.4, 0.5) is 4.39 Å². The third-order valence-corrected chi connectivity index (χ3v) is 1.39. The summed E-state index contributed by atoms with van der Waals surface area (Å²) in [5, 5.41) is 0.357. The zero-order valence-electron chi connectivity index (χ0n) is 6.09. The Balaban J connectivity index is 2.71. The summed E-state index contributed by atoms with van der Waals surface area (Å²) in [5.74, 6) is 0. The molecule has 0 amide bonds. The van der Waals surface area contributed by atoms with E-state index in [4.69, 9.17) is 11.6 Å². The second kappa shape index (κ2) is 3.62. The average Bonchev–Trinajstić information content (AvgIpc) is 1.85.